The second kappa shape index (κ2) is 11.4. The van der Waals surface area contributed by atoms with Crippen molar-refractivity contribution in [1.29, 1.82) is 0 Å². The van der Waals surface area contributed by atoms with Gasteiger partial charge in [-0.05, 0) is 57.4 Å². The maximum absolute atomic E-state index is 13.4. The van der Waals surface area contributed by atoms with Crippen molar-refractivity contribution in [2.75, 3.05) is 24.7 Å². The number of rotatable bonds is 9. The third-order valence-electron chi connectivity index (χ3n) is 6.19. The Hall–Kier alpha value is -2.26. The fourth-order valence-corrected chi connectivity index (χ4v) is 5.50. The van der Waals surface area contributed by atoms with Gasteiger partial charge in [0.15, 0.2) is 5.79 Å². The molecule has 0 spiro atoms. The van der Waals surface area contributed by atoms with Crippen LogP contribution in [0.1, 0.15) is 44.7 Å². The zero-order valence-corrected chi connectivity index (χ0v) is 23.1. The smallest absolute Gasteiger partial charge is 0.237 e. The molecule has 0 N–H and O–H groups in total. The van der Waals surface area contributed by atoms with Gasteiger partial charge in [0.25, 0.3) is 0 Å². The van der Waals surface area contributed by atoms with Crippen molar-refractivity contribution in [3.8, 4) is 16.3 Å². The lowest BCUT2D eigenvalue weighted by molar-refractivity contribution is -0.141. The fraction of sp³-hybridized carbons (Fsp3) is 0.519. The van der Waals surface area contributed by atoms with E-state index in [0.717, 1.165) is 40.3 Å². The molecule has 1 aromatic carbocycles. The summed E-state index contributed by atoms with van der Waals surface area (Å²) in [7, 11) is 0. The van der Waals surface area contributed by atoms with Crippen LogP contribution in [0.5, 0.6) is 5.75 Å². The number of ether oxygens (including phenoxy) is 3. The average molecular weight is 532 g/mol. The number of unbranched alkanes of at least 4 members (excludes halogenated alkanes) is 1. The number of aromatic nitrogens is 2. The average Bonchev–Trinajstić information content (AvgIpc) is 3.45. The summed E-state index contributed by atoms with van der Waals surface area (Å²) >= 11 is 7.85. The molecule has 7 nitrogen and oxygen atoms in total. The molecule has 3 atom stereocenters. The first-order valence-electron chi connectivity index (χ1n) is 12.4. The van der Waals surface area contributed by atoms with Gasteiger partial charge in [-0.3, -0.25) is 9.69 Å². The Morgan fingerprint density at radius 2 is 1.94 bits per heavy atom. The Labute approximate surface area is 222 Å². The van der Waals surface area contributed by atoms with Crippen molar-refractivity contribution >= 4 is 34.0 Å². The van der Waals surface area contributed by atoms with Crippen molar-refractivity contribution in [2.24, 2.45) is 5.92 Å². The van der Waals surface area contributed by atoms with E-state index in [4.69, 9.17) is 25.8 Å². The van der Waals surface area contributed by atoms with Crippen molar-refractivity contribution in [2.45, 2.75) is 64.7 Å². The van der Waals surface area contributed by atoms with Gasteiger partial charge in [-0.15, -0.1) is 21.8 Å². The summed E-state index contributed by atoms with van der Waals surface area (Å²) < 4.78 is 17.6. The highest BCUT2D eigenvalue weighted by Crippen LogP contribution is 2.35. The SMILES string of the molecule is CCCCN(C(=O)C1C=CC=CC1Cl)c1nnc(-c2cc(C)c(OCC3COC(C)(C)O3)c(C)c2)s1. The predicted octanol–water partition coefficient (Wildman–Crippen LogP) is 5.83. The van der Waals surface area contributed by atoms with Crippen LogP contribution in [0.25, 0.3) is 10.6 Å². The lowest BCUT2D eigenvalue weighted by atomic mass is 9.98. The molecule has 2 heterocycles. The molecule has 2 aromatic rings. The van der Waals surface area contributed by atoms with Crippen LogP contribution in [0.3, 0.4) is 0 Å². The summed E-state index contributed by atoms with van der Waals surface area (Å²) in [5.41, 5.74) is 2.95. The predicted molar refractivity (Wildman–Crippen MR) is 144 cm³/mol. The number of carbonyl (C=O) groups excluding carboxylic acids is 1. The standard InChI is InChI=1S/C27H34ClN3O4S/c1-6-7-12-31(25(32)21-10-8-9-11-22(21)28)26-30-29-24(36-26)19-13-17(2)23(18(3)14-19)33-15-20-16-34-27(4,5)35-20/h8-11,13-14,20-22H,6-7,12,15-16H2,1-5H3. The number of hydrogen-bond donors (Lipinski definition) is 0. The highest BCUT2D eigenvalue weighted by molar-refractivity contribution is 7.18. The van der Waals surface area contributed by atoms with Crippen LogP contribution < -0.4 is 9.64 Å². The van der Waals surface area contributed by atoms with E-state index in [-0.39, 0.29) is 17.4 Å². The van der Waals surface area contributed by atoms with E-state index in [9.17, 15) is 4.79 Å². The molecular formula is C27H34ClN3O4S. The van der Waals surface area contributed by atoms with Crippen LogP contribution in [0.15, 0.2) is 36.4 Å². The fourth-order valence-electron chi connectivity index (χ4n) is 4.36. The first-order chi connectivity index (χ1) is 17.2. The van der Waals surface area contributed by atoms with Gasteiger partial charge in [0.05, 0.1) is 17.9 Å². The van der Waals surface area contributed by atoms with E-state index in [2.05, 4.69) is 17.1 Å². The summed E-state index contributed by atoms with van der Waals surface area (Å²) in [5, 5.41) is 9.80. The van der Waals surface area contributed by atoms with Crippen LogP contribution in [-0.4, -0.2) is 53.1 Å². The van der Waals surface area contributed by atoms with E-state index in [1.807, 2.05) is 64.1 Å². The Balaban J connectivity index is 1.51. The highest BCUT2D eigenvalue weighted by Gasteiger charge is 2.33. The van der Waals surface area contributed by atoms with Gasteiger partial charge < -0.3 is 14.2 Å². The molecule has 2 aliphatic rings. The van der Waals surface area contributed by atoms with Crippen molar-refractivity contribution < 1.29 is 19.0 Å². The quantitative estimate of drug-likeness (QED) is 0.379. The number of nitrogens with zero attached hydrogens (tertiary/aromatic N) is 3. The number of alkyl halides is 1. The normalized spacial score (nSPS) is 22.7. The highest BCUT2D eigenvalue weighted by atomic mass is 35.5. The third-order valence-corrected chi connectivity index (χ3v) is 7.60. The van der Waals surface area contributed by atoms with Crippen molar-refractivity contribution in [1.82, 2.24) is 10.2 Å². The Kier molecular flexibility index (Phi) is 8.50. The van der Waals surface area contributed by atoms with Gasteiger partial charge in [0.1, 0.15) is 23.5 Å². The van der Waals surface area contributed by atoms with E-state index in [0.29, 0.717) is 24.9 Å². The summed E-state index contributed by atoms with van der Waals surface area (Å²) in [4.78, 5) is 15.1. The van der Waals surface area contributed by atoms with Crippen LogP contribution >= 0.6 is 22.9 Å². The number of halogens is 1. The second-order valence-corrected chi connectivity index (χ2v) is 11.1. The zero-order valence-electron chi connectivity index (χ0n) is 21.5. The number of amides is 1. The number of anilines is 1. The van der Waals surface area contributed by atoms with Crippen molar-refractivity contribution in [3.63, 3.8) is 0 Å². The number of allylic oxidation sites excluding steroid dienone is 3. The topological polar surface area (TPSA) is 73.8 Å². The molecule has 1 aliphatic carbocycles. The molecule has 0 saturated carbocycles. The monoisotopic (exact) mass is 531 g/mol. The molecule has 1 amide bonds. The second-order valence-electron chi connectivity index (χ2n) is 9.67. The van der Waals surface area contributed by atoms with Crippen LogP contribution in [-0.2, 0) is 14.3 Å². The minimum absolute atomic E-state index is 0.0517. The molecule has 3 unspecified atom stereocenters. The lowest BCUT2D eigenvalue weighted by Gasteiger charge is -2.25. The third kappa shape index (κ3) is 6.17. The first-order valence-corrected chi connectivity index (χ1v) is 13.6. The maximum Gasteiger partial charge on any atom is 0.237 e. The summed E-state index contributed by atoms with van der Waals surface area (Å²) in [6.07, 6.45) is 9.18. The van der Waals surface area contributed by atoms with Gasteiger partial charge in [-0.1, -0.05) is 49.0 Å². The molecule has 0 radical (unpaired) electrons. The van der Waals surface area contributed by atoms with Crippen molar-refractivity contribution in [3.05, 3.63) is 47.6 Å². The number of carbonyl (C=O) groups is 1. The summed E-state index contributed by atoms with van der Waals surface area (Å²) in [6.45, 7) is 11.5. The first kappa shape index (κ1) is 26.8. The minimum atomic E-state index is -0.571. The Bertz CT molecular complexity index is 1120. The van der Waals surface area contributed by atoms with E-state index in [1.165, 1.54) is 11.3 Å². The Morgan fingerprint density at radius 1 is 1.22 bits per heavy atom. The van der Waals surface area contributed by atoms with Gasteiger partial charge >= 0.3 is 0 Å². The number of benzene rings is 1. The van der Waals surface area contributed by atoms with E-state index >= 15 is 0 Å². The summed E-state index contributed by atoms with van der Waals surface area (Å²) in [5.74, 6) is -0.203. The molecular weight excluding hydrogens is 498 g/mol. The van der Waals surface area contributed by atoms with Crippen LogP contribution in [0, 0.1) is 19.8 Å². The molecule has 1 saturated heterocycles. The molecule has 194 valence electrons. The lowest BCUT2D eigenvalue weighted by Crippen LogP contribution is -2.39. The molecule has 36 heavy (non-hydrogen) atoms. The summed E-state index contributed by atoms with van der Waals surface area (Å²) in [6, 6.07) is 4.09. The van der Waals surface area contributed by atoms with E-state index < -0.39 is 11.7 Å². The largest absolute Gasteiger partial charge is 0.490 e. The van der Waals surface area contributed by atoms with Crippen LogP contribution in [0.4, 0.5) is 5.13 Å². The maximum atomic E-state index is 13.4. The van der Waals surface area contributed by atoms with Gasteiger partial charge in [0, 0.05) is 12.1 Å². The van der Waals surface area contributed by atoms with Gasteiger partial charge in [-0.2, -0.15) is 0 Å². The zero-order chi connectivity index (χ0) is 25.9. The molecule has 9 heteroatoms. The molecule has 1 fully saturated rings. The molecule has 4 rings (SSSR count). The van der Waals surface area contributed by atoms with Gasteiger partial charge in [0.2, 0.25) is 11.0 Å². The molecule has 1 aliphatic heterocycles. The van der Waals surface area contributed by atoms with Crippen LogP contribution in [0.2, 0.25) is 0 Å². The molecule has 1 aromatic heterocycles. The minimum Gasteiger partial charge on any atom is -0.490 e. The Morgan fingerprint density at radius 3 is 2.58 bits per heavy atom. The number of aryl methyl sites for hydroxylation is 2. The number of hydrogen-bond acceptors (Lipinski definition) is 7. The molecule has 0 bridgehead atoms. The van der Waals surface area contributed by atoms with E-state index in [1.54, 1.807) is 4.90 Å². The van der Waals surface area contributed by atoms with Gasteiger partial charge in [-0.25, -0.2) is 0 Å².